The smallest absolute Gasteiger partial charge is 0.323 e. The minimum atomic E-state index is -0.297. The van der Waals surface area contributed by atoms with Crippen molar-refractivity contribution in [1.82, 2.24) is 10.6 Å². The van der Waals surface area contributed by atoms with E-state index in [2.05, 4.69) is 10.6 Å². The van der Waals surface area contributed by atoms with E-state index in [0.717, 1.165) is 19.3 Å². The van der Waals surface area contributed by atoms with E-state index in [1.54, 1.807) is 6.92 Å². The van der Waals surface area contributed by atoms with E-state index < -0.39 is 0 Å². The highest BCUT2D eigenvalue weighted by Gasteiger charge is 2.17. The Balaban J connectivity index is 3.89. The van der Waals surface area contributed by atoms with Crippen LogP contribution in [0.25, 0.3) is 0 Å². The third kappa shape index (κ3) is 8.06. The molecule has 0 bridgehead atoms. The third-order valence-electron chi connectivity index (χ3n) is 2.46. The summed E-state index contributed by atoms with van der Waals surface area (Å²) in [7, 11) is 0. The van der Waals surface area contributed by atoms with Gasteiger partial charge in [-0.25, -0.2) is 0 Å². The molecule has 0 aromatic rings. The highest BCUT2D eigenvalue weighted by molar-refractivity contribution is 5.77. The van der Waals surface area contributed by atoms with E-state index >= 15 is 0 Å². The lowest BCUT2D eigenvalue weighted by Gasteiger charge is -2.16. The van der Waals surface area contributed by atoms with Crippen LogP contribution in [0.5, 0.6) is 0 Å². The summed E-state index contributed by atoms with van der Waals surface area (Å²) in [6.45, 7) is 7.41. The Morgan fingerprint density at radius 3 is 2.39 bits per heavy atom. The number of amides is 1. The maximum Gasteiger partial charge on any atom is 0.323 e. The van der Waals surface area contributed by atoms with Gasteiger partial charge in [0.15, 0.2) is 0 Å². The Morgan fingerprint density at radius 1 is 1.11 bits per heavy atom. The van der Waals surface area contributed by atoms with Gasteiger partial charge >= 0.3 is 5.97 Å². The summed E-state index contributed by atoms with van der Waals surface area (Å²) in [5.74, 6) is -0.211. The highest BCUT2D eigenvalue weighted by Crippen LogP contribution is 1.99. The largest absolute Gasteiger partial charge is 0.465 e. The topological polar surface area (TPSA) is 67.4 Å². The maximum absolute atomic E-state index is 11.6. The van der Waals surface area contributed by atoms with Crippen LogP contribution in [-0.2, 0) is 14.3 Å². The summed E-state index contributed by atoms with van der Waals surface area (Å²) < 4.78 is 4.98. The van der Waals surface area contributed by atoms with Crippen LogP contribution in [0.1, 0.15) is 46.5 Å². The van der Waals surface area contributed by atoms with E-state index in [0.29, 0.717) is 26.1 Å². The fourth-order valence-electron chi connectivity index (χ4n) is 1.55. The van der Waals surface area contributed by atoms with E-state index in [9.17, 15) is 9.59 Å². The monoisotopic (exact) mass is 258 g/mol. The van der Waals surface area contributed by atoms with Gasteiger partial charge < -0.3 is 15.4 Å². The number of hydrogen-bond donors (Lipinski definition) is 2. The van der Waals surface area contributed by atoms with Crippen LogP contribution in [0, 0.1) is 0 Å². The maximum atomic E-state index is 11.6. The first-order valence-corrected chi connectivity index (χ1v) is 6.82. The quantitative estimate of drug-likeness (QED) is 0.578. The molecule has 18 heavy (non-hydrogen) atoms. The van der Waals surface area contributed by atoms with Crippen LogP contribution in [0.3, 0.4) is 0 Å². The van der Waals surface area contributed by atoms with E-state index in [-0.39, 0.29) is 17.9 Å². The normalized spacial score (nSPS) is 11.9. The van der Waals surface area contributed by atoms with Crippen molar-refractivity contribution in [3.05, 3.63) is 0 Å². The molecule has 0 aromatic heterocycles. The summed E-state index contributed by atoms with van der Waals surface area (Å²) in [6.07, 6.45) is 2.95. The fourth-order valence-corrected chi connectivity index (χ4v) is 1.55. The fraction of sp³-hybridized carbons (Fsp3) is 0.846. The molecule has 0 saturated carbocycles. The molecule has 0 radical (unpaired) electrons. The van der Waals surface area contributed by atoms with Gasteiger partial charge in [0.25, 0.3) is 0 Å². The summed E-state index contributed by atoms with van der Waals surface area (Å²) in [6, 6.07) is -0.297. The van der Waals surface area contributed by atoms with Crippen LogP contribution in [0.4, 0.5) is 0 Å². The van der Waals surface area contributed by atoms with Crippen LogP contribution in [0.2, 0.25) is 0 Å². The molecule has 0 saturated heterocycles. The van der Waals surface area contributed by atoms with E-state index in [1.165, 1.54) is 0 Å². The minimum Gasteiger partial charge on any atom is -0.465 e. The molecule has 0 heterocycles. The van der Waals surface area contributed by atoms with Crippen molar-refractivity contribution in [2.45, 2.75) is 52.5 Å². The van der Waals surface area contributed by atoms with Gasteiger partial charge in [0.1, 0.15) is 6.04 Å². The second kappa shape index (κ2) is 11.0. The molecule has 0 aliphatic rings. The number of rotatable bonds is 10. The van der Waals surface area contributed by atoms with Crippen molar-refractivity contribution in [3.63, 3.8) is 0 Å². The van der Waals surface area contributed by atoms with Crippen LogP contribution < -0.4 is 10.6 Å². The number of carbonyl (C=O) groups excluding carboxylic acids is 2. The molecule has 5 heteroatoms. The van der Waals surface area contributed by atoms with Gasteiger partial charge in [-0.2, -0.15) is 0 Å². The lowest BCUT2D eigenvalue weighted by molar-refractivity contribution is -0.146. The molecule has 1 unspecified atom stereocenters. The highest BCUT2D eigenvalue weighted by atomic mass is 16.5. The van der Waals surface area contributed by atoms with Crippen molar-refractivity contribution < 1.29 is 14.3 Å². The standard InChI is InChI=1S/C13H26N2O3/c1-4-7-11(13(17)18-6-3)14-10-8-12(16)15-9-5-2/h11,14H,4-10H2,1-3H3,(H,15,16). The van der Waals surface area contributed by atoms with Gasteiger partial charge in [-0.05, 0) is 19.8 Å². The molecule has 0 aliphatic carbocycles. The summed E-state index contributed by atoms with van der Waals surface area (Å²) in [4.78, 5) is 23.0. The molecule has 1 atom stereocenters. The minimum absolute atomic E-state index is 0.0171. The van der Waals surface area contributed by atoms with Crippen LogP contribution >= 0.6 is 0 Å². The Kier molecular flexibility index (Phi) is 10.3. The Hall–Kier alpha value is -1.10. The van der Waals surface area contributed by atoms with Crippen molar-refractivity contribution in [2.24, 2.45) is 0 Å². The predicted molar refractivity (Wildman–Crippen MR) is 71.2 cm³/mol. The summed E-state index contributed by atoms with van der Waals surface area (Å²) in [5.41, 5.74) is 0. The summed E-state index contributed by atoms with van der Waals surface area (Å²) >= 11 is 0. The van der Waals surface area contributed by atoms with Gasteiger partial charge in [0, 0.05) is 19.5 Å². The average molecular weight is 258 g/mol. The van der Waals surface area contributed by atoms with Gasteiger partial charge in [-0.15, -0.1) is 0 Å². The van der Waals surface area contributed by atoms with Crippen LogP contribution in [0.15, 0.2) is 0 Å². The first-order valence-electron chi connectivity index (χ1n) is 6.82. The zero-order chi connectivity index (χ0) is 13.8. The van der Waals surface area contributed by atoms with Gasteiger partial charge in [-0.3, -0.25) is 9.59 Å². The Bertz CT molecular complexity index is 244. The first kappa shape index (κ1) is 16.9. The number of carbonyl (C=O) groups is 2. The zero-order valence-electron chi connectivity index (χ0n) is 11.8. The molecule has 0 spiro atoms. The second-order valence-electron chi connectivity index (χ2n) is 4.15. The predicted octanol–water partition coefficient (Wildman–Crippen LogP) is 1.22. The molecule has 0 fully saturated rings. The zero-order valence-corrected chi connectivity index (χ0v) is 11.8. The second-order valence-corrected chi connectivity index (χ2v) is 4.15. The molecule has 0 aromatic carbocycles. The Morgan fingerprint density at radius 2 is 1.83 bits per heavy atom. The molecule has 0 rings (SSSR count). The summed E-state index contributed by atoms with van der Waals surface area (Å²) in [5, 5.41) is 5.87. The molecule has 2 N–H and O–H groups in total. The molecule has 1 amide bonds. The van der Waals surface area contributed by atoms with Crippen LogP contribution in [-0.4, -0.2) is 37.6 Å². The number of nitrogens with one attached hydrogen (secondary N) is 2. The molecule has 0 aliphatic heterocycles. The van der Waals surface area contributed by atoms with E-state index in [4.69, 9.17) is 4.74 Å². The van der Waals surface area contributed by atoms with Gasteiger partial charge in [0.2, 0.25) is 5.91 Å². The third-order valence-corrected chi connectivity index (χ3v) is 2.46. The SMILES string of the molecule is CCCNC(=O)CCNC(CCC)C(=O)OCC. The average Bonchev–Trinajstić information content (AvgIpc) is 2.35. The Labute approximate surface area is 110 Å². The van der Waals surface area contributed by atoms with E-state index in [1.807, 2.05) is 13.8 Å². The number of hydrogen-bond acceptors (Lipinski definition) is 4. The lowest BCUT2D eigenvalue weighted by atomic mass is 10.1. The van der Waals surface area contributed by atoms with Crippen molar-refractivity contribution in [3.8, 4) is 0 Å². The number of ether oxygens (including phenoxy) is 1. The molecule has 106 valence electrons. The first-order chi connectivity index (χ1) is 8.65. The number of esters is 1. The van der Waals surface area contributed by atoms with Gasteiger partial charge in [0.05, 0.1) is 6.61 Å². The van der Waals surface area contributed by atoms with Crippen molar-refractivity contribution >= 4 is 11.9 Å². The molecular formula is C13H26N2O3. The van der Waals surface area contributed by atoms with Gasteiger partial charge in [-0.1, -0.05) is 20.3 Å². The lowest BCUT2D eigenvalue weighted by Crippen LogP contribution is -2.40. The van der Waals surface area contributed by atoms with Crippen molar-refractivity contribution in [1.29, 1.82) is 0 Å². The van der Waals surface area contributed by atoms with Crippen molar-refractivity contribution in [2.75, 3.05) is 19.7 Å². The molecular weight excluding hydrogens is 232 g/mol. The molecule has 5 nitrogen and oxygen atoms in total.